The van der Waals surface area contributed by atoms with Crippen molar-refractivity contribution in [1.29, 1.82) is 0 Å². The highest BCUT2D eigenvalue weighted by atomic mass is 79.9. The maximum Gasteiger partial charge on any atom is 0.162 e. The molecular formula is C17H25BrN2O2. The number of nitrogens with zero attached hydrogens (tertiary/aromatic N) is 1. The smallest absolute Gasteiger partial charge is 0.162 e. The predicted octanol–water partition coefficient (Wildman–Crippen LogP) is 3.18. The fourth-order valence-corrected chi connectivity index (χ4v) is 3.69. The molecule has 0 spiro atoms. The average Bonchev–Trinajstić information content (AvgIpc) is 3.04. The largest absolute Gasteiger partial charge is 0.493 e. The molecule has 5 heteroatoms. The van der Waals surface area contributed by atoms with Gasteiger partial charge in [0.15, 0.2) is 11.5 Å². The maximum atomic E-state index is 6.14. The summed E-state index contributed by atoms with van der Waals surface area (Å²) >= 11 is 3.71. The number of methoxy groups -OCH3 is 1. The van der Waals surface area contributed by atoms with Crippen LogP contribution in [0.1, 0.15) is 31.2 Å². The van der Waals surface area contributed by atoms with Crippen molar-refractivity contribution in [1.82, 2.24) is 10.2 Å². The van der Waals surface area contributed by atoms with Crippen LogP contribution in [0.3, 0.4) is 0 Å². The molecule has 1 saturated heterocycles. The first-order chi connectivity index (χ1) is 10.8. The van der Waals surface area contributed by atoms with Gasteiger partial charge in [0.2, 0.25) is 0 Å². The van der Waals surface area contributed by atoms with E-state index in [9.17, 15) is 0 Å². The molecule has 0 aromatic heterocycles. The van der Waals surface area contributed by atoms with Gasteiger partial charge in [-0.15, -0.1) is 0 Å². The van der Waals surface area contributed by atoms with Gasteiger partial charge in [0, 0.05) is 37.2 Å². The molecule has 22 heavy (non-hydrogen) atoms. The van der Waals surface area contributed by atoms with Crippen molar-refractivity contribution in [3.8, 4) is 11.5 Å². The summed E-state index contributed by atoms with van der Waals surface area (Å²) < 4.78 is 12.8. The number of hydrogen-bond donors (Lipinski definition) is 1. The second-order valence-electron chi connectivity index (χ2n) is 6.14. The second-order valence-corrected chi connectivity index (χ2v) is 7.00. The Morgan fingerprint density at radius 2 is 1.91 bits per heavy atom. The van der Waals surface area contributed by atoms with Crippen molar-refractivity contribution in [2.75, 3.05) is 33.3 Å². The van der Waals surface area contributed by atoms with E-state index in [4.69, 9.17) is 9.47 Å². The Labute approximate surface area is 141 Å². The molecule has 1 aromatic rings. The molecule has 3 rings (SSSR count). The van der Waals surface area contributed by atoms with Crippen LogP contribution in [0.15, 0.2) is 16.6 Å². The van der Waals surface area contributed by atoms with Crippen molar-refractivity contribution in [2.24, 2.45) is 0 Å². The summed E-state index contributed by atoms with van der Waals surface area (Å²) in [6, 6.07) is 4.20. The fraction of sp³-hybridized carbons (Fsp3) is 0.647. The van der Waals surface area contributed by atoms with E-state index < -0.39 is 0 Å². The molecule has 1 N–H and O–H groups in total. The van der Waals surface area contributed by atoms with Crippen LogP contribution in [-0.4, -0.2) is 44.3 Å². The molecule has 0 bridgehead atoms. The van der Waals surface area contributed by atoms with Crippen LogP contribution in [0.4, 0.5) is 0 Å². The van der Waals surface area contributed by atoms with Crippen molar-refractivity contribution in [3.63, 3.8) is 0 Å². The molecule has 0 amide bonds. The zero-order valence-electron chi connectivity index (χ0n) is 13.2. The lowest BCUT2D eigenvalue weighted by Gasteiger charge is -2.28. The summed E-state index contributed by atoms with van der Waals surface area (Å²) in [4.78, 5) is 2.47. The topological polar surface area (TPSA) is 33.7 Å². The monoisotopic (exact) mass is 368 g/mol. The van der Waals surface area contributed by atoms with Crippen molar-refractivity contribution >= 4 is 15.9 Å². The average molecular weight is 369 g/mol. The Morgan fingerprint density at radius 3 is 2.59 bits per heavy atom. The van der Waals surface area contributed by atoms with Crippen LogP contribution >= 0.6 is 15.9 Å². The number of rotatable bonds is 5. The number of ether oxygens (including phenoxy) is 2. The number of hydrogen-bond acceptors (Lipinski definition) is 4. The van der Waals surface area contributed by atoms with Crippen molar-refractivity contribution in [3.05, 3.63) is 22.2 Å². The minimum Gasteiger partial charge on any atom is -0.493 e. The summed E-state index contributed by atoms with van der Waals surface area (Å²) in [6.45, 7) is 5.27. The third kappa shape index (κ3) is 3.94. The van der Waals surface area contributed by atoms with E-state index in [-0.39, 0.29) is 0 Å². The molecule has 1 saturated carbocycles. The summed E-state index contributed by atoms with van der Waals surface area (Å²) in [5.41, 5.74) is 1.26. The van der Waals surface area contributed by atoms with Gasteiger partial charge in [-0.3, -0.25) is 4.90 Å². The quantitative estimate of drug-likeness (QED) is 0.865. The lowest BCUT2D eigenvalue weighted by molar-refractivity contribution is 0.200. The Bertz CT molecular complexity index is 498. The Kier molecular flexibility index (Phi) is 5.61. The number of nitrogens with one attached hydrogen (secondary N) is 1. The Morgan fingerprint density at radius 1 is 1.18 bits per heavy atom. The predicted molar refractivity (Wildman–Crippen MR) is 91.7 cm³/mol. The molecule has 1 aliphatic heterocycles. The first kappa shape index (κ1) is 16.1. The van der Waals surface area contributed by atoms with Gasteiger partial charge in [-0.1, -0.05) is 15.9 Å². The lowest BCUT2D eigenvalue weighted by atomic mass is 10.1. The zero-order chi connectivity index (χ0) is 15.4. The van der Waals surface area contributed by atoms with Crippen LogP contribution in [0.25, 0.3) is 0 Å². The van der Waals surface area contributed by atoms with Crippen LogP contribution in [-0.2, 0) is 6.54 Å². The van der Waals surface area contributed by atoms with E-state index in [0.29, 0.717) is 6.10 Å². The van der Waals surface area contributed by atoms with Crippen molar-refractivity contribution < 1.29 is 9.47 Å². The van der Waals surface area contributed by atoms with Crippen LogP contribution in [0.2, 0.25) is 0 Å². The molecule has 1 aromatic carbocycles. The van der Waals surface area contributed by atoms with Gasteiger partial charge < -0.3 is 14.8 Å². The summed E-state index contributed by atoms with van der Waals surface area (Å²) in [5.74, 6) is 1.71. The van der Waals surface area contributed by atoms with Gasteiger partial charge in [-0.05, 0) is 43.4 Å². The van der Waals surface area contributed by atoms with Gasteiger partial charge in [0.05, 0.1) is 13.2 Å². The normalized spacial score (nSPS) is 20.3. The van der Waals surface area contributed by atoms with E-state index in [1.807, 2.05) is 0 Å². The molecule has 4 nitrogen and oxygen atoms in total. The molecular weight excluding hydrogens is 344 g/mol. The van der Waals surface area contributed by atoms with E-state index >= 15 is 0 Å². The van der Waals surface area contributed by atoms with Gasteiger partial charge in [-0.2, -0.15) is 0 Å². The first-order valence-electron chi connectivity index (χ1n) is 8.22. The van der Waals surface area contributed by atoms with E-state index in [1.165, 1.54) is 18.4 Å². The molecule has 0 radical (unpaired) electrons. The molecule has 1 heterocycles. The minimum absolute atomic E-state index is 0.347. The number of benzene rings is 1. The molecule has 2 fully saturated rings. The fourth-order valence-electron chi connectivity index (χ4n) is 3.25. The molecule has 122 valence electrons. The third-order valence-electron chi connectivity index (χ3n) is 4.53. The highest BCUT2D eigenvalue weighted by molar-refractivity contribution is 9.10. The van der Waals surface area contributed by atoms with Gasteiger partial charge >= 0.3 is 0 Å². The van der Waals surface area contributed by atoms with Crippen LogP contribution in [0, 0.1) is 0 Å². The SMILES string of the molecule is COc1cc(CN2CCNCC2)c(Br)cc1OC1CCCC1. The third-order valence-corrected chi connectivity index (χ3v) is 5.27. The van der Waals surface area contributed by atoms with E-state index in [0.717, 1.165) is 61.5 Å². The van der Waals surface area contributed by atoms with Gasteiger partial charge in [-0.25, -0.2) is 0 Å². The molecule has 1 aliphatic carbocycles. The zero-order valence-corrected chi connectivity index (χ0v) is 14.8. The first-order valence-corrected chi connectivity index (χ1v) is 9.01. The van der Waals surface area contributed by atoms with E-state index in [2.05, 4.69) is 38.3 Å². The highest BCUT2D eigenvalue weighted by Crippen LogP contribution is 2.36. The Hall–Kier alpha value is -0.780. The summed E-state index contributed by atoms with van der Waals surface area (Å²) in [6.07, 6.45) is 5.21. The van der Waals surface area contributed by atoms with Gasteiger partial charge in [0.1, 0.15) is 0 Å². The standard InChI is InChI=1S/C17H25BrN2O2/c1-21-16-10-13(12-20-8-6-19-7-9-20)15(18)11-17(16)22-14-4-2-3-5-14/h10-11,14,19H,2-9,12H2,1H3. The summed E-state index contributed by atoms with van der Waals surface area (Å²) in [7, 11) is 1.72. The second kappa shape index (κ2) is 7.66. The lowest BCUT2D eigenvalue weighted by Crippen LogP contribution is -2.42. The Balaban J connectivity index is 1.73. The summed E-state index contributed by atoms with van der Waals surface area (Å²) in [5, 5.41) is 3.39. The highest BCUT2D eigenvalue weighted by Gasteiger charge is 2.20. The molecule has 2 aliphatic rings. The van der Waals surface area contributed by atoms with E-state index in [1.54, 1.807) is 7.11 Å². The van der Waals surface area contributed by atoms with Crippen LogP contribution in [0.5, 0.6) is 11.5 Å². The number of piperazine rings is 1. The van der Waals surface area contributed by atoms with Crippen LogP contribution < -0.4 is 14.8 Å². The molecule has 0 unspecified atom stereocenters. The molecule has 0 atom stereocenters. The maximum absolute atomic E-state index is 6.14. The van der Waals surface area contributed by atoms with Gasteiger partial charge in [0.25, 0.3) is 0 Å². The van der Waals surface area contributed by atoms with Crippen molar-refractivity contribution in [2.45, 2.75) is 38.3 Å². The minimum atomic E-state index is 0.347. The number of halogens is 1.